The second-order valence-electron chi connectivity index (χ2n) is 3.84. The molecule has 14 heavy (non-hydrogen) atoms. The summed E-state index contributed by atoms with van der Waals surface area (Å²) in [6, 6.07) is 0. The summed E-state index contributed by atoms with van der Waals surface area (Å²) in [5.74, 6) is -1.50. The van der Waals surface area contributed by atoms with Crippen molar-refractivity contribution in [1.29, 1.82) is 0 Å². The summed E-state index contributed by atoms with van der Waals surface area (Å²) in [7, 11) is 0. The zero-order valence-corrected chi connectivity index (χ0v) is 8.96. The summed E-state index contributed by atoms with van der Waals surface area (Å²) in [6.07, 6.45) is -0.0475. The van der Waals surface area contributed by atoms with E-state index in [9.17, 15) is 9.59 Å². The Kier molecular flexibility index (Phi) is 4.56. The zero-order chi connectivity index (χ0) is 11.4. The van der Waals surface area contributed by atoms with Crippen molar-refractivity contribution in [3.05, 3.63) is 0 Å². The highest BCUT2D eigenvalue weighted by Gasteiger charge is 2.28. The van der Waals surface area contributed by atoms with Gasteiger partial charge < -0.3 is 15.2 Å². The lowest BCUT2D eigenvalue weighted by Crippen LogP contribution is -2.50. The molecule has 0 rings (SSSR count). The maximum absolute atomic E-state index is 11.2. The fraction of sp³-hybridized carbons (Fsp3) is 0.778. The molecule has 5 nitrogen and oxygen atoms in total. The summed E-state index contributed by atoms with van der Waals surface area (Å²) in [6.45, 7) is 6.32. The van der Waals surface area contributed by atoms with E-state index in [-0.39, 0.29) is 12.7 Å². The van der Waals surface area contributed by atoms with Crippen molar-refractivity contribution in [2.24, 2.45) is 0 Å². The molecule has 0 fully saturated rings. The number of hydrogen-bond donors (Lipinski definition) is 2. The normalized spacial score (nSPS) is 11.5. The van der Waals surface area contributed by atoms with Crippen LogP contribution in [0.15, 0.2) is 0 Å². The van der Waals surface area contributed by atoms with Gasteiger partial charge in [0.1, 0.15) is 12.1 Å². The molecule has 5 heteroatoms. The van der Waals surface area contributed by atoms with E-state index in [2.05, 4.69) is 5.32 Å². The first-order chi connectivity index (χ1) is 6.25. The third-order valence-corrected chi connectivity index (χ3v) is 1.53. The van der Waals surface area contributed by atoms with Crippen LogP contribution in [-0.4, -0.2) is 35.2 Å². The molecule has 0 aromatic heterocycles. The largest absolute Gasteiger partial charge is 0.480 e. The monoisotopic (exact) mass is 203 g/mol. The number of nitrogens with one attached hydrogen (secondary N) is 1. The lowest BCUT2D eigenvalue weighted by Gasteiger charge is -2.21. The van der Waals surface area contributed by atoms with Gasteiger partial charge in [-0.05, 0) is 27.7 Å². The molecule has 0 saturated heterocycles. The van der Waals surface area contributed by atoms with Gasteiger partial charge in [-0.1, -0.05) is 0 Å². The van der Waals surface area contributed by atoms with Gasteiger partial charge in [0.05, 0.1) is 6.10 Å². The van der Waals surface area contributed by atoms with Crippen LogP contribution in [0.5, 0.6) is 0 Å². The highest BCUT2D eigenvalue weighted by atomic mass is 16.5. The van der Waals surface area contributed by atoms with Gasteiger partial charge in [-0.25, -0.2) is 4.79 Å². The third-order valence-electron chi connectivity index (χ3n) is 1.53. The number of ether oxygens (including phenoxy) is 1. The lowest BCUT2D eigenvalue weighted by molar-refractivity contribution is -0.147. The standard InChI is InChI=1S/C9H17NO4/c1-6(2)14-5-7(11)10-9(3,4)8(12)13/h6H,5H2,1-4H3,(H,10,11)(H,12,13). The molecular weight excluding hydrogens is 186 g/mol. The van der Waals surface area contributed by atoms with Crippen molar-refractivity contribution in [2.45, 2.75) is 39.3 Å². The van der Waals surface area contributed by atoms with Crippen LogP contribution >= 0.6 is 0 Å². The van der Waals surface area contributed by atoms with Crippen LogP contribution in [0.1, 0.15) is 27.7 Å². The Balaban J connectivity index is 4.00. The molecule has 82 valence electrons. The number of aliphatic carboxylic acids is 1. The molecular formula is C9H17NO4. The van der Waals surface area contributed by atoms with Crippen molar-refractivity contribution >= 4 is 11.9 Å². The van der Waals surface area contributed by atoms with Crippen LogP contribution in [0.4, 0.5) is 0 Å². The molecule has 2 N–H and O–H groups in total. The first-order valence-corrected chi connectivity index (χ1v) is 4.41. The predicted molar refractivity (Wildman–Crippen MR) is 50.9 cm³/mol. The second-order valence-corrected chi connectivity index (χ2v) is 3.84. The highest BCUT2D eigenvalue weighted by molar-refractivity contribution is 5.86. The first kappa shape index (κ1) is 12.9. The summed E-state index contributed by atoms with van der Waals surface area (Å²) < 4.78 is 5.02. The minimum Gasteiger partial charge on any atom is -0.480 e. The molecule has 0 spiro atoms. The number of carboxylic acid groups (broad SMARTS) is 1. The zero-order valence-electron chi connectivity index (χ0n) is 8.96. The topological polar surface area (TPSA) is 75.6 Å². The van der Waals surface area contributed by atoms with Gasteiger partial charge >= 0.3 is 5.97 Å². The number of rotatable bonds is 5. The fourth-order valence-electron chi connectivity index (χ4n) is 0.680. The van der Waals surface area contributed by atoms with Gasteiger partial charge in [0.25, 0.3) is 0 Å². The highest BCUT2D eigenvalue weighted by Crippen LogP contribution is 2.01. The summed E-state index contributed by atoms with van der Waals surface area (Å²) in [4.78, 5) is 21.8. The quantitative estimate of drug-likeness (QED) is 0.677. The number of carbonyl (C=O) groups excluding carboxylic acids is 1. The lowest BCUT2D eigenvalue weighted by atomic mass is 10.1. The molecule has 0 unspecified atom stereocenters. The maximum atomic E-state index is 11.2. The fourth-order valence-corrected chi connectivity index (χ4v) is 0.680. The summed E-state index contributed by atoms with van der Waals surface area (Å²) >= 11 is 0. The van der Waals surface area contributed by atoms with Crippen molar-refractivity contribution in [3.8, 4) is 0 Å². The number of carboxylic acids is 1. The molecule has 0 aromatic carbocycles. The Morgan fingerprint density at radius 2 is 1.93 bits per heavy atom. The van der Waals surface area contributed by atoms with E-state index in [1.54, 1.807) is 13.8 Å². The second kappa shape index (κ2) is 4.95. The predicted octanol–water partition coefficient (Wildman–Crippen LogP) is 0.391. The van der Waals surface area contributed by atoms with E-state index < -0.39 is 17.4 Å². The first-order valence-electron chi connectivity index (χ1n) is 4.41. The SMILES string of the molecule is CC(C)OCC(=O)NC(C)(C)C(=O)O. The molecule has 0 bridgehead atoms. The van der Waals surface area contributed by atoms with E-state index in [1.165, 1.54) is 13.8 Å². The Morgan fingerprint density at radius 3 is 2.29 bits per heavy atom. The molecule has 0 aliphatic heterocycles. The molecule has 0 radical (unpaired) electrons. The van der Waals surface area contributed by atoms with E-state index in [1.807, 2.05) is 0 Å². The summed E-state index contributed by atoms with van der Waals surface area (Å²) in [5.41, 5.74) is -1.25. The molecule has 0 aliphatic rings. The Morgan fingerprint density at radius 1 is 1.43 bits per heavy atom. The van der Waals surface area contributed by atoms with Crippen molar-refractivity contribution < 1.29 is 19.4 Å². The van der Waals surface area contributed by atoms with Gasteiger partial charge in [0, 0.05) is 0 Å². The molecule has 1 amide bonds. The molecule has 0 aromatic rings. The molecule has 0 saturated carbocycles. The van der Waals surface area contributed by atoms with Crippen LogP contribution < -0.4 is 5.32 Å². The average molecular weight is 203 g/mol. The van der Waals surface area contributed by atoms with Crippen LogP contribution in [0.25, 0.3) is 0 Å². The third kappa shape index (κ3) is 4.81. The van der Waals surface area contributed by atoms with Crippen LogP contribution in [0, 0.1) is 0 Å². The molecule has 0 atom stereocenters. The average Bonchev–Trinajstić information content (AvgIpc) is 1.99. The van der Waals surface area contributed by atoms with E-state index in [4.69, 9.17) is 9.84 Å². The van der Waals surface area contributed by atoms with E-state index in [0.29, 0.717) is 0 Å². The number of hydrogen-bond acceptors (Lipinski definition) is 3. The van der Waals surface area contributed by atoms with Gasteiger partial charge in [0.2, 0.25) is 5.91 Å². The van der Waals surface area contributed by atoms with Crippen molar-refractivity contribution in [3.63, 3.8) is 0 Å². The number of carbonyl (C=O) groups is 2. The maximum Gasteiger partial charge on any atom is 0.328 e. The van der Waals surface area contributed by atoms with E-state index in [0.717, 1.165) is 0 Å². The van der Waals surface area contributed by atoms with Crippen LogP contribution in [0.3, 0.4) is 0 Å². The van der Waals surface area contributed by atoms with E-state index >= 15 is 0 Å². The van der Waals surface area contributed by atoms with Crippen LogP contribution in [0.2, 0.25) is 0 Å². The van der Waals surface area contributed by atoms with Gasteiger partial charge in [0.15, 0.2) is 0 Å². The smallest absolute Gasteiger partial charge is 0.328 e. The van der Waals surface area contributed by atoms with Gasteiger partial charge in [-0.15, -0.1) is 0 Å². The van der Waals surface area contributed by atoms with Crippen molar-refractivity contribution in [1.82, 2.24) is 5.32 Å². The van der Waals surface area contributed by atoms with Gasteiger partial charge in [-0.2, -0.15) is 0 Å². The number of amides is 1. The Bertz CT molecular complexity index is 223. The minimum absolute atomic E-state index is 0.0475. The minimum atomic E-state index is -1.25. The molecule has 0 aliphatic carbocycles. The summed E-state index contributed by atoms with van der Waals surface area (Å²) in [5, 5.41) is 11.1. The molecule has 0 heterocycles. The Labute approximate surface area is 83.4 Å². The van der Waals surface area contributed by atoms with Crippen LogP contribution in [-0.2, 0) is 14.3 Å². The van der Waals surface area contributed by atoms with Gasteiger partial charge in [-0.3, -0.25) is 4.79 Å². The Hall–Kier alpha value is -1.10. The van der Waals surface area contributed by atoms with Crippen molar-refractivity contribution in [2.75, 3.05) is 6.61 Å².